The topological polar surface area (TPSA) is 66.0 Å². The Hall–Kier alpha value is -2.76. The predicted molar refractivity (Wildman–Crippen MR) is 93.1 cm³/mol. The molecule has 1 heterocycles. The summed E-state index contributed by atoms with van der Waals surface area (Å²) in [4.78, 5) is 12.2. The maximum atomic E-state index is 14.9. The number of carboxylic acid groups (broad SMARTS) is 1. The van der Waals surface area contributed by atoms with Gasteiger partial charge in [-0.3, -0.25) is 9.89 Å². The lowest BCUT2D eigenvalue weighted by atomic mass is 9.75. The number of fused-ring (bicyclic) bond motifs is 1. The molecular formula is C20H18F2N2O2. The summed E-state index contributed by atoms with van der Waals surface area (Å²) in [6, 6.07) is 8.02. The van der Waals surface area contributed by atoms with Crippen molar-refractivity contribution in [3.63, 3.8) is 0 Å². The molecule has 0 spiro atoms. The molecule has 26 heavy (non-hydrogen) atoms. The van der Waals surface area contributed by atoms with E-state index in [0.717, 1.165) is 0 Å². The summed E-state index contributed by atoms with van der Waals surface area (Å²) in [7, 11) is 0. The Morgan fingerprint density at radius 3 is 2.88 bits per heavy atom. The van der Waals surface area contributed by atoms with E-state index in [4.69, 9.17) is 0 Å². The van der Waals surface area contributed by atoms with Crippen LogP contribution < -0.4 is 0 Å². The summed E-state index contributed by atoms with van der Waals surface area (Å²) in [6.07, 6.45) is 2.66. The summed E-state index contributed by atoms with van der Waals surface area (Å²) in [5.74, 6) is -2.04. The van der Waals surface area contributed by atoms with Gasteiger partial charge in [0.15, 0.2) is 5.82 Å². The Kier molecular flexibility index (Phi) is 3.79. The second-order valence-corrected chi connectivity index (χ2v) is 7.04. The molecule has 4 rings (SSSR count). The molecule has 4 nitrogen and oxygen atoms in total. The number of carboxylic acids is 1. The Morgan fingerprint density at radius 2 is 2.12 bits per heavy atom. The molecule has 0 amide bonds. The average Bonchev–Trinajstić information content (AvgIpc) is 3.26. The van der Waals surface area contributed by atoms with Crippen LogP contribution in [0.3, 0.4) is 0 Å². The normalized spacial score (nSPS) is 22.8. The molecule has 0 aliphatic heterocycles. The molecule has 1 fully saturated rings. The van der Waals surface area contributed by atoms with Crippen molar-refractivity contribution in [1.82, 2.24) is 10.2 Å². The Morgan fingerprint density at radius 1 is 1.31 bits per heavy atom. The highest BCUT2D eigenvalue weighted by Gasteiger charge is 2.48. The number of halogens is 2. The number of aliphatic carboxylic acids is 1. The highest BCUT2D eigenvalue weighted by molar-refractivity contribution is 5.83. The van der Waals surface area contributed by atoms with E-state index in [0.29, 0.717) is 40.4 Å². The fourth-order valence-corrected chi connectivity index (χ4v) is 4.30. The molecule has 2 N–H and O–H groups in total. The summed E-state index contributed by atoms with van der Waals surface area (Å²) >= 11 is 0. The zero-order valence-electron chi connectivity index (χ0n) is 14.2. The molecule has 0 radical (unpaired) electrons. The zero-order valence-corrected chi connectivity index (χ0v) is 14.2. The largest absolute Gasteiger partial charge is 0.481 e. The second-order valence-electron chi connectivity index (χ2n) is 7.04. The summed E-state index contributed by atoms with van der Waals surface area (Å²) in [6.45, 7) is 1.60. The van der Waals surface area contributed by atoms with Gasteiger partial charge >= 0.3 is 5.97 Å². The molecule has 134 valence electrons. The van der Waals surface area contributed by atoms with Crippen molar-refractivity contribution in [2.75, 3.05) is 0 Å². The van der Waals surface area contributed by atoms with E-state index >= 15 is 0 Å². The summed E-state index contributed by atoms with van der Waals surface area (Å²) in [5, 5.41) is 17.2. The number of nitrogens with zero attached hydrogens (tertiary/aromatic N) is 1. The molecule has 2 aromatic carbocycles. The first-order valence-corrected chi connectivity index (χ1v) is 8.54. The number of hydrogen-bond acceptors (Lipinski definition) is 2. The number of benzene rings is 2. The van der Waals surface area contributed by atoms with Gasteiger partial charge in [0.1, 0.15) is 11.3 Å². The van der Waals surface area contributed by atoms with Crippen LogP contribution in [0, 0.1) is 18.6 Å². The van der Waals surface area contributed by atoms with Crippen molar-refractivity contribution < 1.29 is 18.7 Å². The summed E-state index contributed by atoms with van der Waals surface area (Å²) < 4.78 is 28.9. The fraction of sp³-hybridized carbons (Fsp3) is 0.300. The average molecular weight is 356 g/mol. The third-order valence-corrected chi connectivity index (χ3v) is 5.73. The number of nitrogens with one attached hydrogen (secondary N) is 1. The first-order chi connectivity index (χ1) is 12.4. The second kappa shape index (κ2) is 5.90. The van der Waals surface area contributed by atoms with Gasteiger partial charge in [-0.05, 0) is 54.9 Å². The quantitative estimate of drug-likeness (QED) is 0.729. The Balaban J connectivity index is 1.78. The number of aromatic nitrogens is 2. The van der Waals surface area contributed by atoms with Gasteiger partial charge < -0.3 is 5.11 Å². The van der Waals surface area contributed by atoms with Crippen molar-refractivity contribution >= 4 is 16.9 Å². The summed E-state index contributed by atoms with van der Waals surface area (Å²) in [5.41, 5.74) is 0.443. The fourth-order valence-electron chi connectivity index (χ4n) is 4.30. The van der Waals surface area contributed by atoms with Crippen LogP contribution in [0.5, 0.6) is 0 Å². The molecule has 0 saturated heterocycles. The van der Waals surface area contributed by atoms with Crippen LogP contribution in [0.15, 0.2) is 36.5 Å². The van der Waals surface area contributed by atoms with E-state index in [1.807, 2.05) is 0 Å². The van der Waals surface area contributed by atoms with Crippen molar-refractivity contribution in [3.8, 4) is 0 Å². The maximum Gasteiger partial charge on any atom is 0.314 e. The van der Waals surface area contributed by atoms with Crippen LogP contribution in [0.4, 0.5) is 8.78 Å². The van der Waals surface area contributed by atoms with Crippen molar-refractivity contribution in [1.29, 1.82) is 0 Å². The maximum absolute atomic E-state index is 14.9. The minimum absolute atomic E-state index is 0.239. The highest BCUT2D eigenvalue weighted by atomic mass is 19.1. The van der Waals surface area contributed by atoms with E-state index in [1.54, 1.807) is 31.3 Å². The van der Waals surface area contributed by atoms with E-state index in [-0.39, 0.29) is 18.2 Å². The minimum atomic E-state index is -1.20. The lowest BCUT2D eigenvalue weighted by Gasteiger charge is -2.27. The highest BCUT2D eigenvalue weighted by Crippen LogP contribution is 2.50. The monoisotopic (exact) mass is 356 g/mol. The van der Waals surface area contributed by atoms with Crippen LogP contribution >= 0.6 is 0 Å². The van der Waals surface area contributed by atoms with Crippen LogP contribution in [0.1, 0.15) is 41.9 Å². The van der Waals surface area contributed by atoms with Crippen LogP contribution in [-0.2, 0) is 10.2 Å². The van der Waals surface area contributed by atoms with E-state index in [9.17, 15) is 18.7 Å². The van der Waals surface area contributed by atoms with Gasteiger partial charge in [0.05, 0.1) is 11.6 Å². The molecule has 0 unspecified atom stereocenters. The van der Waals surface area contributed by atoms with Crippen molar-refractivity contribution in [2.45, 2.75) is 37.5 Å². The first-order valence-electron chi connectivity index (χ1n) is 8.54. The number of rotatable bonds is 3. The van der Waals surface area contributed by atoms with E-state index in [2.05, 4.69) is 10.2 Å². The van der Waals surface area contributed by atoms with Crippen LogP contribution in [-0.4, -0.2) is 21.3 Å². The van der Waals surface area contributed by atoms with Gasteiger partial charge in [-0.25, -0.2) is 8.78 Å². The number of carbonyl (C=O) groups is 1. The van der Waals surface area contributed by atoms with Gasteiger partial charge in [-0.2, -0.15) is 5.10 Å². The third-order valence-electron chi connectivity index (χ3n) is 5.73. The van der Waals surface area contributed by atoms with Crippen LogP contribution in [0.2, 0.25) is 0 Å². The molecule has 6 heteroatoms. The smallest absolute Gasteiger partial charge is 0.314 e. The van der Waals surface area contributed by atoms with Gasteiger partial charge in [0, 0.05) is 5.39 Å². The van der Waals surface area contributed by atoms with Crippen molar-refractivity contribution in [3.05, 3.63) is 64.9 Å². The third kappa shape index (κ3) is 2.32. The molecule has 0 bridgehead atoms. The number of aromatic amines is 1. The van der Waals surface area contributed by atoms with E-state index < -0.39 is 17.2 Å². The molecule has 2 atom stereocenters. The van der Waals surface area contributed by atoms with Gasteiger partial charge in [-0.15, -0.1) is 0 Å². The SMILES string of the molecule is Cc1c(F)cccc1[C@]1(C(=O)O)CC[C@@H](c2ccc3cn[nH]c3c2F)C1. The number of hydrogen-bond donors (Lipinski definition) is 2. The molecular weight excluding hydrogens is 338 g/mol. The predicted octanol–water partition coefficient (Wildman–Crippen LogP) is 4.44. The van der Waals surface area contributed by atoms with Crippen LogP contribution in [0.25, 0.3) is 10.9 Å². The van der Waals surface area contributed by atoms with Crippen molar-refractivity contribution in [2.24, 2.45) is 0 Å². The van der Waals surface area contributed by atoms with Gasteiger partial charge in [-0.1, -0.05) is 24.3 Å². The van der Waals surface area contributed by atoms with E-state index in [1.165, 1.54) is 12.1 Å². The zero-order chi connectivity index (χ0) is 18.5. The molecule has 1 aromatic heterocycles. The van der Waals surface area contributed by atoms with Gasteiger partial charge in [0.2, 0.25) is 0 Å². The van der Waals surface area contributed by atoms with Gasteiger partial charge in [0.25, 0.3) is 0 Å². The molecule has 1 aliphatic carbocycles. The Labute approximate surface area is 148 Å². The first kappa shape index (κ1) is 16.7. The minimum Gasteiger partial charge on any atom is -0.481 e. The lowest BCUT2D eigenvalue weighted by molar-refractivity contribution is -0.143. The number of H-pyrrole nitrogens is 1. The standard InChI is InChI=1S/C20H18F2N2O2/c1-11-15(3-2-4-16(11)21)20(19(25)26)8-7-12(9-20)14-6-5-13-10-23-24-18(13)17(14)22/h2-6,10,12H,7-9H2,1H3,(H,23,24)(H,25,26)/t12-,20+/m1/s1. The Bertz CT molecular complexity index is 1010. The molecule has 3 aromatic rings. The molecule has 1 aliphatic rings. The lowest BCUT2D eigenvalue weighted by Crippen LogP contribution is -2.34. The molecule has 1 saturated carbocycles.